The van der Waals surface area contributed by atoms with E-state index >= 15 is 0 Å². The monoisotopic (exact) mass is 296 g/mol. The first kappa shape index (κ1) is 16.8. The summed E-state index contributed by atoms with van der Waals surface area (Å²) in [6, 6.07) is 0.517. The van der Waals surface area contributed by atoms with Crippen LogP contribution >= 0.6 is 0 Å². The largest absolute Gasteiger partial charge is 0.390 e. The van der Waals surface area contributed by atoms with Gasteiger partial charge in [-0.1, -0.05) is 12.8 Å². The normalized spacial score (nSPS) is 23.4. The molecule has 1 N–H and O–H groups in total. The molecule has 1 atom stereocenters. The molecule has 2 fully saturated rings. The second-order valence-corrected chi connectivity index (χ2v) is 7.13. The summed E-state index contributed by atoms with van der Waals surface area (Å²) in [5.74, 6) is 0.225. The van der Waals surface area contributed by atoms with Crippen molar-refractivity contribution in [2.45, 2.75) is 76.4 Å². The Hall–Kier alpha value is -0.610. The van der Waals surface area contributed by atoms with E-state index in [1.807, 2.05) is 11.9 Å². The van der Waals surface area contributed by atoms with Gasteiger partial charge in [0.05, 0.1) is 5.60 Å². The second-order valence-electron chi connectivity index (χ2n) is 7.13. The van der Waals surface area contributed by atoms with Crippen molar-refractivity contribution in [1.29, 1.82) is 0 Å². The Labute approximate surface area is 129 Å². The first-order valence-corrected chi connectivity index (χ1v) is 8.71. The van der Waals surface area contributed by atoms with E-state index in [1.54, 1.807) is 0 Å². The summed E-state index contributed by atoms with van der Waals surface area (Å²) in [5, 5.41) is 10.3. The highest BCUT2D eigenvalue weighted by Crippen LogP contribution is 2.32. The van der Waals surface area contributed by atoms with E-state index in [9.17, 15) is 9.90 Å². The highest BCUT2D eigenvalue weighted by Gasteiger charge is 2.31. The zero-order valence-corrected chi connectivity index (χ0v) is 13.8. The predicted molar refractivity (Wildman–Crippen MR) is 85.2 cm³/mol. The van der Waals surface area contributed by atoms with Crippen LogP contribution in [-0.2, 0) is 4.79 Å². The van der Waals surface area contributed by atoms with Crippen molar-refractivity contribution in [2.24, 2.45) is 0 Å². The van der Waals surface area contributed by atoms with Crippen LogP contribution in [0.15, 0.2) is 0 Å². The van der Waals surface area contributed by atoms with Crippen molar-refractivity contribution in [3.05, 3.63) is 0 Å². The molecule has 0 aromatic rings. The fraction of sp³-hybridized carbons (Fsp3) is 0.941. The van der Waals surface area contributed by atoms with Crippen molar-refractivity contribution in [3.8, 4) is 0 Å². The van der Waals surface area contributed by atoms with Crippen LogP contribution in [0.2, 0.25) is 0 Å². The summed E-state index contributed by atoms with van der Waals surface area (Å²) in [7, 11) is 1.88. The Morgan fingerprint density at radius 1 is 1.24 bits per heavy atom. The van der Waals surface area contributed by atoms with Crippen LogP contribution in [0.4, 0.5) is 0 Å². The van der Waals surface area contributed by atoms with Gasteiger partial charge in [-0.25, -0.2) is 0 Å². The molecule has 1 heterocycles. The SMILES string of the molecule is C[C@H](CCC(=O)N(C)CCC1(O)CCCC1)N1CCCC1. The molecule has 2 aliphatic rings. The number of carbonyl (C=O) groups excluding carboxylic acids is 1. The fourth-order valence-corrected chi connectivity index (χ4v) is 3.67. The minimum Gasteiger partial charge on any atom is -0.390 e. The molecule has 1 amide bonds. The molecule has 0 aromatic carbocycles. The summed E-state index contributed by atoms with van der Waals surface area (Å²) < 4.78 is 0. The Balaban J connectivity index is 1.64. The number of likely N-dealkylation sites (tertiary alicyclic amines) is 1. The van der Waals surface area contributed by atoms with Crippen LogP contribution < -0.4 is 0 Å². The topological polar surface area (TPSA) is 43.8 Å². The molecule has 2 rings (SSSR count). The lowest BCUT2D eigenvalue weighted by atomic mass is 9.98. The van der Waals surface area contributed by atoms with Crippen LogP contribution in [0, 0.1) is 0 Å². The molecule has 0 bridgehead atoms. The summed E-state index contributed by atoms with van der Waals surface area (Å²) in [5.41, 5.74) is -0.503. The molecule has 0 unspecified atom stereocenters. The Morgan fingerprint density at radius 3 is 2.48 bits per heavy atom. The van der Waals surface area contributed by atoms with Gasteiger partial charge in [-0.3, -0.25) is 4.79 Å². The summed E-state index contributed by atoms with van der Waals surface area (Å²) in [6.45, 7) is 5.31. The summed E-state index contributed by atoms with van der Waals surface area (Å²) in [4.78, 5) is 16.5. The maximum atomic E-state index is 12.2. The molecular formula is C17H32N2O2. The standard InChI is InChI=1S/C17H32N2O2/c1-15(19-12-5-6-13-19)7-8-16(20)18(2)14-11-17(21)9-3-4-10-17/h15,21H,3-14H2,1-2H3/t15-/m1/s1. The highest BCUT2D eigenvalue weighted by molar-refractivity contribution is 5.75. The molecule has 1 saturated carbocycles. The van der Waals surface area contributed by atoms with Gasteiger partial charge in [-0.2, -0.15) is 0 Å². The maximum absolute atomic E-state index is 12.2. The lowest BCUT2D eigenvalue weighted by molar-refractivity contribution is -0.130. The van der Waals surface area contributed by atoms with E-state index in [0.29, 0.717) is 19.0 Å². The van der Waals surface area contributed by atoms with Gasteiger partial charge in [-0.05, 0) is 58.5 Å². The molecule has 0 spiro atoms. The molecule has 1 aliphatic carbocycles. The average molecular weight is 296 g/mol. The zero-order valence-electron chi connectivity index (χ0n) is 13.8. The van der Waals surface area contributed by atoms with E-state index < -0.39 is 5.60 Å². The van der Waals surface area contributed by atoms with Gasteiger partial charge in [-0.15, -0.1) is 0 Å². The van der Waals surface area contributed by atoms with Gasteiger partial charge in [0.15, 0.2) is 0 Å². The lowest BCUT2D eigenvalue weighted by Crippen LogP contribution is -2.36. The van der Waals surface area contributed by atoms with E-state index in [0.717, 1.165) is 38.5 Å². The van der Waals surface area contributed by atoms with Crippen LogP contribution in [0.1, 0.15) is 64.7 Å². The first-order chi connectivity index (χ1) is 10.0. The number of carbonyl (C=O) groups is 1. The van der Waals surface area contributed by atoms with Gasteiger partial charge < -0.3 is 14.9 Å². The second kappa shape index (κ2) is 7.59. The van der Waals surface area contributed by atoms with Crippen LogP contribution in [0.5, 0.6) is 0 Å². The molecule has 4 heteroatoms. The van der Waals surface area contributed by atoms with Crippen molar-refractivity contribution < 1.29 is 9.90 Å². The zero-order chi connectivity index (χ0) is 15.3. The van der Waals surface area contributed by atoms with E-state index in [4.69, 9.17) is 0 Å². The molecule has 0 aromatic heterocycles. The maximum Gasteiger partial charge on any atom is 0.222 e. The molecule has 21 heavy (non-hydrogen) atoms. The number of hydrogen-bond acceptors (Lipinski definition) is 3. The van der Waals surface area contributed by atoms with Crippen molar-refractivity contribution in [2.75, 3.05) is 26.7 Å². The number of rotatable bonds is 7. The highest BCUT2D eigenvalue weighted by atomic mass is 16.3. The van der Waals surface area contributed by atoms with Crippen LogP contribution in [-0.4, -0.2) is 59.1 Å². The molecule has 1 aliphatic heterocycles. The van der Waals surface area contributed by atoms with Crippen LogP contribution in [0.3, 0.4) is 0 Å². The number of aliphatic hydroxyl groups is 1. The Bertz CT molecular complexity index is 334. The average Bonchev–Trinajstić information content (AvgIpc) is 3.13. The van der Waals surface area contributed by atoms with Gasteiger partial charge >= 0.3 is 0 Å². The number of nitrogens with zero attached hydrogens (tertiary/aromatic N) is 2. The molecule has 0 radical (unpaired) electrons. The molecular weight excluding hydrogens is 264 g/mol. The minimum absolute atomic E-state index is 0.225. The molecule has 4 nitrogen and oxygen atoms in total. The number of amides is 1. The Kier molecular flexibility index (Phi) is 6.06. The smallest absolute Gasteiger partial charge is 0.222 e. The first-order valence-electron chi connectivity index (χ1n) is 8.71. The fourth-order valence-electron chi connectivity index (χ4n) is 3.67. The van der Waals surface area contributed by atoms with Gasteiger partial charge in [0.25, 0.3) is 0 Å². The number of hydrogen-bond donors (Lipinski definition) is 1. The van der Waals surface area contributed by atoms with Gasteiger partial charge in [0.2, 0.25) is 5.91 Å². The molecule has 122 valence electrons. The minimum atomic E-state index is -0.503. The Morgan fingerprint density at radius 2 is 1.86 bits per heavy atom. The summed E-state index contributed by atoms with van der Waals surface area (Å²) >= 11 is 0. The van der Waals surface area contributed by atoms with E-state index in [-0.39, 0.29) is 5.91 Å². The van der Waals surface area contributed by atoms with E-state index in [1.165, 1.54) is 25.9 Å². The third-order valence-electron chi connectivity index (χ3n) is 5.41. The summed E-state index contributed by atoms with van der Waals surface area (Å²) in [6.07, 6.45) is 8.98. The predicted octanol–water partition coefficient (Wildman–Crippen LogP) is 2.40. The van der Waals surface area contributed by atoms with Crippen molar-refractivity contribution >= 4 is 5.91 Å². The quantitative estimate of drug-likeness (QED) is 0.784. The lowest BCUT2D eigenvalue weighted by Gasteiger charge is -2.27. The van der Waals surface area contributed by atoms with Crippen molar-refractivity contribution in [1.82, 2.24) is 9.80 Å². The van der Waals surface area contributed by atoms with E-state index in [2.05, 4.69) is 11.8 Å². The van der Waals surface area contributed by atoms with Gasteiger partial charge in [0.1, 0.15) is 0 Å². The third-order valence-corrected chi connectivity index (χ3v) is 5.41. The molecule has 1 saturated heterocycles. The van der Waals surface area contributed by atoms with Crippen molar-refractivity contribution in [3.63, 3.8) is 0 Å². The van der Waals surface area contributed by atoms with Crippen LogP contribution in [0.25, 0.3) is 0 Å². The third kappa shape index (κ3) is 4.96. The van der Waals surface area contributed by atoms with Gasteiger partial charge in [0, 0.05) is 26.1 Å².